The summed E-state index contributed by atoms with van der Waals surface area (Å²) < 4.78 is 0. The molecule has 0 radical (unpaired) electrons. The smallest absolute Gasteiger partial charge is 0.250 e. The molecule has 1 aliphatic rings. The van der Waals surface area contributed by atoms with Crippen molar-refractivity contribution in [2.75, 3.05) is 30.7 Å². The van der Waals surface area contributed by atoms with Gasteiger partial charge in [-0.15, -0.1) is 0 Å². The van der Waals surface area contributed by atoms with Gasteiger partial charge in [0.15, 0.2) is 0 Å². The molecular weight excluding hydrogens is 252 g/mol. The van der Waals surface area contributed by atoms with Gasteiger partial charge in [-0.1, -0.05) is 12.5 Å². The molecule has 1 aromatic carbocycles. The molecule has 110 valence electrons. The molecule has 1 saturated heterocycles. The third kappa shape index (κ3) is 3.63. The molecule has 0 aliphatic carbocycles. The topological polar surface area (TPSA) is 84.4 Å². The van der Waals surface area contributed by atoms with Gasteiger partial charge >= 0.3 is 0 Å². The zero-order valence-electron chi connectivity index (χ0n) is 12.1. The zero-order chi connectivity index (χ0) is 14.5. The number of nitrogens with two attached hydrogens (primary N) is 2. The number of benzene rings is 1. The summed E-state index contributed by atoms with van der Waals surface area (Å²) in [4.78, 5) is 13.9. The van der Waals surface area contributed by atoms with E-state index < -0.39 is 5.91 Å². The minimum absolute atomic E-state index is 0.218. The lowest BCUT2D eigenvalue weighted by atomic mass is 10.1. The minimum atomic E-state index is -0.454. The zero-order valence-corrected chi connectivity index (χ0v) is 12.1. The van der Waals surface area contributed by atoms with Crippen LogP contribution in [0.15, 0.2) is 18.2 Å². The molecule has 0 saturated carbocycles. The molecule has 0 aromatic heterocycles. The number of amides is 1. The van der Waals surface area contributed by atoms with Gasteiger partial charge in [0, 0.05) is 12.6 Å². The van der Waals surface area contributed by atoms with Crippen molar-refractivity contribution in [2.24, 2.45) is 5.73 Å². The Bertz CT molecular complexity index is 469. The van der Waals surface area contributed by atoms with Crippen molar-refractivity contribution in [2.45, 2.75) is 32.2 Å². The SMILES string of the molecule is CC(CN1CCCCC1)Nc1c(N)cccc1C(N)=O. The summed E-state index contributed by atoms with van der Waals surface area (Å²) >= 11 is 0. The van der Waals surface area contributed by atoms with Crippen molar-refractivity contribution in [3.8, 4) is 0 Å². The first-order chi connectivity index (χ1) is 9.58. The Kier molecular flexibility index (Phi) is 4.84. The second kappa shape index (κ2) is 6.61. The van der Waals surface area contributed by atoms with Crippen molar-refractivity contribution in [1.82, 2.24) is 4.90 Å². The first kappa shape index (κ1) is 14.7. The molecule has 1 fully saturated rings. The van der Waals surface area contributed by atoms with Crippen LogP contribution in [-0.4, -0.2) is 36.5 Å². The minimum Gasteiger partial charge on any atom is -0.397 e. The number of nitrogen functional groups attached to an aromatic ring is 1. The van der Waals surface area contributed by atoms with Gasteiger partial charge < -0.3 is 21.7 Å². The van der Waals surface area contributed by atoms with Crippen LogP contribution in [0.25, 0.3) is 0 Å². The molecule has 5 nitrogen and oxygen atoms in total. The number of rotatable bonds is 5. The molecule has 2 rings (SSSR count). The first-order valence-corrected chi connectivity index (χ1v) is 7.25. The Hall–Kier alpha value is -1.75. The van der Waals surface area contributed by atoms with E-state index in [2.05, 4.69) is 17.1 Å². The molecule has 0 bridgehead atoms. The second-order valence-corrected chi connectivity index (χ2v) is 5.54. The van der Waals surface area contributed by atoms with Gasteiger partial charge in [0.05, 0.1) is 16.9 Å². The number of hydrogen-bond acceptors (Lipinski definition) is 4. The Balaban J connectivity index is 2.03. The lowest BCUT2D eigenvalue weighted by Gasteiger charge is -2.30. The number of carbonyl (C=O) groups excluding carboxylic acids is 1. The maximum atomic E-state index is 11.5. The fourth-order valence-corrected chi connectivity index (χ4v) is 2.76. The number of anilines is 2. The molecule has 0 spiro atoms. The van der Waals surface area contributed by atoms with E-state index in [1.165, 1.54) is 19.3 Å². The predicted octanol–water partition coefficient (Wildman–Crippen LogP) is 1.65. The van der Waals surface area contributed by atoms with Gasteiger partial charge in [0.25, 0.3) is 5.91 Å². The Morgan fingerprint density at radius 1 is 1.35 bits per heavy atom. The highest BCUT2D eigenvalue weighted by Crippen LogP contribution is 2.24. The largest absolute Gasteiger partial charge is 0.397 e. The molecular formula is C15H24N4O. The van der Waals surface area contributed by atoms with Crippen LogP contribution in [0.4, 0.5) is 11.4 Å². The molecule has 20 heavy (non-hydrogen) atoms. The van der Waals surface area contributed by atoms with E-state index in [-0.39, 0.29) is 6.04 Å². The summed E-state index contributed by atoms with van der Waals surface area (Å²) in [6.45, 7) is 5.36. The summed E-state index contributed by atoms with van der Waals surface area (Å²) in [5.74, 6) is -0.454. The number of carbonyl (C=O) groups is 1. The fraction of sp³-hybridized carbons (Fsp3) is 0.533. The van der Waals surface area contributed by atoms with Crippen LogP contribution in [0.1, 0.15) is 36.5 Å². The molecule has 1 aliphatic heterocycles. The van der Waals surface area contributed by atoms with Gasteiger partial charge in [-0.25, -0.2) is 0 Å². The molecule has 1 amide bonds. The Labute approximate surface area is 120 Å². The van der Waals surface area contributed by atoms with Crippen LogP contribution in [-0.2, 0) is 0 Å². The van der Waals surface area contributed by atoms with E-state index >= 15 is 0 Å². The predicted molar refractivity (Wildman–Crippen MR) is 82.7 cm³/mol. The van der Waals surface area contributed by atoms with E-state index in [1.807, 2.05) is 0 Å². The summed E-state index contributed by atoms with van der Waals surface area (Å²) in [5.41, 5.74) is 13.0. The van der Waals surface area contributed by atoms with Crippen molar-refractivity contribution >= 4 is 17.3 Å². The van der Waals surface area contributed by atoms with Crippen molar-refractivity contribution < 1.29 is 4.79 Å². The first-order valence-electron chi connectivity index (χ1n) is 7.25. The molecule has 5 N–H and O–H groups in total. The highest BCUT2D eigenvalue weighted by atomic mass is 16.1. The van der Waals surface area contributed by atoms with Crippen molar-refractivity contribution in [1.29, 1.82) is 0 Å². The number of nitrogens with one attached hydrogen (secondary N) is 1. The lowest BCUT2D eigenvalue weighted by molar-refractivity contribution is 0.100. The van der Waals surface area contributed by atoms with E-state index in [0.29, 0.717) is 16.9 Å². The highest BCUT2D eigenvalue weighted by Gasteiger charge is 2.16. The van der Waals surface area contributed by atoms with Crippen molar-refractivity contribution in [3.63, 3.8) is 0 Å². The maximum absolute atomic E-state index is 11.5. The molecule has 5 heteroatoms. The standard InChI is InChI=1S/C15H24N4O/c1-11(10-19-8-3-2-4-9-19)18-14-12(15(17)20)6-5-7-13(14)16/h5-7,11,18H,2-4,8-10,16H2,1H3,(H2,17,20). The highest BCUT2D eigenvalue weighted by molar-refractivity contribution is 6.01. The van der Waals surface area contributed by atoms with Crippen LogP contribution in [0.3, 0.4) is 0 Å². The van der Waals surface area contributed by atoms with Gasteiger partial charge in [-0.05, 0) is 45.0 Å². The summed E-state index contributed by atoms with van der Waals surface area (Å²) in [7, 11) is 0. The van der Waals surface area contributed by atoms with Crippen LogP contribution < -0.4 is 16.8 Å². The molecule has 1 atom stereocenters. The average molecular weight is 276 g/mol. The number of para-hydroxylation sites is 1. The normalized spacial score (nSPS) is 17.6. The summed E-state index contributed by atoms with van der Waals surface area (Å²) in [6, 6.07) is 5.45. The number of primary amides is 1. The Morgan fingerprint density at radius 3 is 2.70 bits per heavy atom. The van der Waals surface area contributed by atoms with E-state index in [9.17, 15) is 4.79 Å². The summed E-state index contributed by atoms with van der Waals surface area (Å²) in [6.07, 6.45) is 3.87. The average Bonchev–Trinajstić information content (AvgIpc) is 2.42. The maximum Gasteiger partial charge on any atom is 0.250 e. The number of hydrogen-bond donors (Lipinski definition) is 3. The molecule has 1 heterocycles. The monoisotopic (exact) mass is 276 g/mol. The van der Waals surface area contributed by atoms with Crippen molar-refractivity contribution in [3.05, 3.63) is 23.8 Å². The number of likely N-dealkylation sites (tertiary alicyclic amines) is 1. The van der Waals surface area contributed by atoms with Crippen LogP contribution in [0, 0.1) is 0 Å². The number of piperidine rings is 1. The molecule has 1 aromatic rings. The van der Waals surface area contributed by atoms with E-state index in [1.54, 1.807) is 18.2 Å². The lowest BCUT2D eigenvalue weighted by Crippen LogP contribution is -2.38. The van der Waals surface area contributed by atoms with E-state index in [0.717, 1.165) is 19.6 Å². The number of nitrogens with zero attached hydrogens (tertiary/aromatic N) is 1. The van der Waals surface area contributed by atoms with Crippen LogP contribution in [0.2, 0.25) is 0 Å². The fourth-order valence-electron chi connectivity index (χ4n) is 2.76. The van der Waals surface area contributed by atoms with Crippen LogP contribution >= 0.6 is 0 Å². The van der Waals surface area contributed by atoms with Gasteiger partial charge in [-0.2, -0.15) is 0 Å². The van der Waals surface area contributed by atoms with Gasteiger partial charge in [0.1, 0.15) is 0 Å². The summed E-state index contributed by atoms with van der Waals surface area (Å²) in [5, 5.41) is 3.34. The van der Waals surface area contributed by atoms with E-state index in [4.69, 9.17) is 11.5 Å². The van der Waals surface area contributed by atoms with Crippen LogP contribution in [0.5, 0.6) is 0 Å². The third-order valence-electron chi connectivity index (χ3n) is 3.73. The quantitative estimate of drug-likeness (QED) is 0.714. The second-order valence-electron chi connectivity index (χ2n) is 5.54. The third-order valence-corrected chi connectivity index (χ3v) is 3.73. The van der Waals surface area contributed by atoms with Gasteiger partial charge in [-0.3, -0.25) is 4.79 Å². The molecule has 1 unspecified atom stereocenters. The Morgan fingerprint density at radius 2 is 2.05 bits per heavy atom. The van der Waals surface area contributed by atoms with Gasteiger partial charge in [0.2, 0.25) is 0 Å².